The van der Waals surface area contributed by atoms with E-state index >= 15 is 0 Å². The fourth-order valence-corrected chi connectivity index (χ4v) is 4.02. The quantitative estimate of drug-likeness (QED) is 0.793. The van der Waals surface area contributed by atoms with Gasteiger partial charge in [-0.1, -0.05) is 0 Å². The maximum absolute atomic E-state index is 13.3. The predicted molar refractivity (Wildman–Crippen MR) is 101 cm³/mol. The zero-order valence-corrected chi connectivity index (χ0v) is 16.0. The second-order valence-electron chi connectivity index (χ2n) is 7.73. The van der Waals surface area contributed by atoms with Crippen LogP contribution in [0.4, 0.5) is 14.8 Å². The van der Waals surface area contributed by atoms with E-state index in [-0.39, 0.29) is 37.8 Å². The Hall–Kier alpha value is -2.38. The van der Waals surface area contributed by atoms with E-state index in [0.717, 1.165) is 30.7 Å². The highest BCUT2D eigenvalue weighted by atomic mass is 19.3. The molecule has 1 amide bonds. The number of aromatic nitrogens is 1. The van der Waals surface area contributed by atoms with Crippen LogP contribution < -0.4 is 9.64 Å². The lowest BCUT2D eigenvalue weighted by atomic mass is 9.94. The van der Waals surface area contributed by atoms with Crippen LogP contribution in [-0.4, -0.2) is 55.0 Å². The molecule has 0 saturated carbocycles. The summed E-state index contributed by atoms with van der Waals surface area (Å²) in [6.07, 6.45) is 1.80. The summed E-state index contributed by atoms with van der Waals surface area (Å²) in [5, 5.41) is 0. The monoisotopic (exact) mass is 393 g/mol. The number of carbonyl (C=O) groups excluding carboxylic acids is 1. The molecule has 8 heteroatoms. The molecule has 3 heterocycles. The molecule has 0 aliphatic carbocycles. The van der Waals surface area contributed by atoms with Crippen LogP contribution in [0.3, 0.4) is 0 Å². The Morgan fingerprint density at radius 1 is 1.32 bits per heavy atom. The van der Waals surface area contributed by atoms with Crippen LogP contribution in [0.15, 0.2) is 22.6 Å². The summed E-state index contributed by atoms with van der Waals surface area (Å²) in [5.41, 5.74) is 1.44. The smallest absolute Gasteiger partial charge is 0.298 e. The van der Waals surface area contributed by atoms with Crippen LogP contribution in [0.25, 0.3) is 11.1 Å². The highest BCUT2D eigenvalue weighted by Gasteiger charge is 2.36. The number of fused-ring (bicyclic) bond motifs is 1. The molecule has 0 spiro atoms. The molecule has 0 radical (unpaired) electrons. The van der Waals surface area contributed by atoms with E-state index in [9.17, 15) is 13.6 Å². The van der Waals surface area contributed by atoms with Crippen LogP contribution in [0.1, 0.15) is 32.1 Å². The fraction of sp³-hybridized carbons (Fsp3) is 0.600. The van der Waals surface area contributed by atoms with Crippen molar-refractivity contribution in [1.29, 1.82) is 0 Å². The molecule has 1 aromatic heterocycles. The zero-order valence-electron chi connectivity index (χ0n) is 16.0. The van der Waals surface area contributed by atoms with Crippen molar-refractivity contribution in [1.82, 2.24) is 9.88 Å². The summed E-state index contributed by atoms with van der Waals surface area (Å²) >= 11 is 0. The summed E-state index contributed by atoms with van der Waals surface area (Å²) in [7, 11) is 1.61. The van der Waals surface area contributed by atoms with E-state index in [2.05, 4.69) is 9.88 Å². The van der Waals surface area contributed by atoms with Gasteiger partial charge in [-0.25, -0.2) is 8.78 Å². The van der Waals surface area contributed by atoms with E-state index in [1.165, 1.54) is 0 Å². The number of amides is 1. The van der Waals surface area contributed by atoms with Crippen molar-refractivity contribution in [3.8, 4) is 5.75 Å². The van der Waals surface area contributed by atoms with Gasteiger partial charge in [0, 0.05) is 51.5 Å². The molecule has 2 fully saturated rings. The Balaban J connectivity index is 1.38. The molecular weight excluding hydrogens is 368 g/mol. The number of oxazole rings is 1. The van der Waals surface area contributed by atoms with Crippen molar-refractivity contribution < 1.29 is 22.7 Å². The highest BCUT2D eigenvalue weighted by molar-refractivity contribution is 5.77. The van der Waals surface area contributed by atoms with Crippen LogP contribution in [0.5, 0.6) is 5.75 Å². The van der Waals surface area contributed by atoms with Gasteiger partial charge in [0.25, 0.3) is 11.9 Å². The normalized spacial score (nSPS) is 22.5. The molecule has 0 N–H and O–H groups in total. The highest BCUT2D eigenvalue weighted by Crippen LogP contribution is 2.31. The summed E-state index contributed by atoms with van der Waals surface area (Å²) in [5.74, 6) is -1.76. The fourth-order valence-electron chi connectivity index (χ4n) is 4.02. The van der Waals surface area contributed by atoms with Gasteiger partial charge in [-0.15, -0.1) is 0 Å². The van der Waals surface area contributed by atoms with Crippen LogP contribution in [0, 0.1) is 5.92 Å². The van der Waals surface area contributed by atoms with Gasteiger partial charge in [-0.2, -0.15) is 4.98 Å². The second kappa shape index (κ2) is 7.56. The number of nitrogens with zero attached hydrogens (tertiary/aromatic N) is 3. The van der Waals surface area contributed by atoms with Crippen LogP contribution in [-0.2, 0) is 4.79 Å². The summed E-state index contributed by atoms with van der Waals surface area (Å²) < 4.78 is 37.7. The van der Waals surface area contributed by atoms with E-state index in [0.29, 0.717) is 24.6 Å². The number of alkyl halides is 2. The van der Waals surface area contributed by atoms with Crippen molar-refractivity contribution in [2.45, 2.75) is 38.0 Å². The lowest BCUT2D eigenvalue weighted by molar-refractivity contribution is -0.138. The van der Waals surface area contributed by atoms with Crippen molar-refractivity contribution in [2.75, 3.05) is 38.2 Å². The van der Waals surface area contributed by atoms with Gasteiger partial charge in [-0.3, -0.25) is 4.79 Å². The number of likely N-dealkylation sites (tertiary alicyclic amines) is 1. The van der Waals surface area contributed by atoms with Crippen LogP contribution >= 0.6 is 0 Å². The maximum atomic E-state index is 13.3. The number of piperidine rings is 2. The zero-order chi connectivity index (χ0) is 19.7. The number of halogens is 2. The minimum atomic E-state index is -2.63. The van der Waals surface area contributed by atoms with Gasteiger partial charge < -0.3 is 19.0 Å². The molecule has 1 unspecified atom stereocenters. The minimum absolute atomic E-state index is 0.0235. The Morgan fingerprint density at radius 3 is 2.86 bits per heavy atom. The molecule has 6 nitrogen and oxygen atoms in total. The van der Waals surface area contributed by atoms with Gasteiger partial charge in [-0.05, 0) is 30.9 Å². The standard InChI is InChI=1S/C20H25F2N3O3/c1-27-15-4-5-17-16(12-15)23-19(28-17)25-8-2-3-14(13-25)11-18(26)24-9-6-20(21,22)7-10-24/h4-5,12,14H,2-3,6-11,13H2,1H3. The molecule has 1 atom stereocenters. The van der Waals surface area contributed by atoms with E-state index in [1.54, 1.807) is 12.0 Å². The van der Waals surface area contributed by atoms with E-state index < -0.39 is 5.92 Å². The van der Waals surface area contributed by atoms with Gasteiger partial charge >= 0.3 is 0 Å². The summed E-state index contributed by atoms with van der Waals surface area (Å²) in [4.78, 5) is 20.8. The number of hydrogen-bond donors (Lipinski definition) is 0. The number of benzene rings is 1. The van der Waals surface area contributed by atoms with Crippen LogP contribution in [0.2, 0.25) is 0 Å². The van der Waals surface area contributed by atoms with E-state index in [4.69, 9.17) is 9.15 Å². The number of carbonyl (C=O) groups is 1. The maximum Gasteiger partial charge on any atom is 0.298 e. The van der Waals surface area contributed by atoms with Crippen molar-refractivity contribution in [3.05, 3.63) is 18.2 Å². The SMILES string of the molecule is COc1ccc2oc(N3CCCC(CC(=O)N4CCC(F)(F)CC4)C3)nc2c1. The number of hydrogen-bond acceptors (Lipinski definition) is 5. The average Bonchev–Trinajstić information content (AvgIpc) is 3.11. The molecule has 2 saturated heterocycles. The number of anilines is 1. The molecular formula is C20H25F2N3O3. The Morgan fingerprint density at radius 2 is 2.11 bits per heavy atom. The Bertz CT molecular complexity index is 844. The molecule has 1 aromatic carbocycles. The molecule has 0 bridgehead atoms. The summed E-state index contributed by atoms with van der Waals surface area (Å²) in [6, 6.07) is 6.05. The number of methoxy groups -OCH3 is 1. The topological polar surface area (TPSA) is 58.8 Å². The first-order valence-electron chi connectivity index (χ1n) is 9.79. The first-order valence-corrected chi connectivity index (χ1v) is 9.79. The molecule has 2 aliphatic heterocycles. The molecule has 28 heavy (non-hydrogen) atoms. The molecule has 152 valence electrons. The minimum Gasteiger partial charge on any atom is -0.497 e. The second-order valence-corrected chi connectivity index (χ2v) is 7.73. The van der Waals surface area contributed by atoms with Gasteiger partial charge in [0.05, 0.1) is 7.11 Å². The van der Waals surface area contributed by atoms with Gasteiger partial charge in [0.2, 0.25) is 5.91 Å². The molecule has 2 aromatic rings. The Kier molecular flexibility index (Phi) is 5.12. The van der Waals surface area contributed by atoms with E-state index in [1.807, 2.05) is 18.2 Å². The average molecular weight is 393 g/mol. The van der Waals surface area contributed by atoms with Gasteiger partial charge in [0.1, 0.15) is 11.3 Å². The van der Waals surface area contributed by atoms with Crippen molar-refractivity contribution in [3.63, 3.8) is 0 Å². The molecule has 2 aliphatic rings. The first kappa shape index (κ1) is 19.0. The molecule has 4 rings (SSSR count). The lowest BCUT2D eigenvalue weighted by Gasteiger charge is -2.35. The van der Waals surface area contributed by atoms with Gasteiger partial charge in [0.15, 0.2) is 5.58 Å². The van der Waals surface area contributed by atoms with Crippen molar-refractivity contribution in [2.24, 2.45) is 5.92 Å². The lowest BCUT2D eigenvalue weighted by Crippen LogP contribution is -2.44. The number of rotatable bonds is 4. The van der Waals surface area contributed by atoms with Crippen molar-refractivity contribution >= 4 is 23.0 Å². The number of ether oxygens (including phenoxy) is 1. The summed E-state index contributed by atoms with van der Waals surface area (Å²) in [6.45, 7) is 1.80. The first-order chi connectivity index (χ1) is 13.4. The Labute approximate surface area is 162 Å². The predicted octanol–water partition coefficient (Wildman–Crippen LogP) is 3.70. The third-order valence-corrected chi connectivity index (χ3v) is 5.68. The largest absolute Gasteiger partial charge is 0.497 e. The third-order valence-electron chi connectivity index (χ3n) is 5.68. The third kappa shape index (κ3) is 4.05.